The molecule has 8 heteroatoms. The van der Waals surface area contributed by atoms with Gasteiger partial charge in [0.25, 0.3) is 5.69 Å². The van der Waals surface area contributed by atoms with Crippen LogP contribution < -0.4 is 4.74 Å². The van der Waals surface area contributed by atoms with E-state index in [1.54, 1.807) is 0 Å². The number of nitrogens with zero attached hydrogens (tertiary/aromatic N) is 1. The number of aldehydes is 1. The van der Waals surface area contributed by atoms with Gasteiger partial charge in [0.1, 0.15) is 16.3 Å². The van der Waals surface area contributed by atoms with Crippen LogP contribution in [-0.4, -0.2) is 23.1 Å². The topological polar surface area (TPSA) is 86.5 Å². The van der Waals surface area contributed by atoms with E-state index in [-0.39, 0.29) is 35.1 Å². The minimum absolute atomic E-state index is 0.0948. The van der Waals surface area contributed by atoms with Gasteiger partial charge < -0.3 is 4.74 Å². The number of nitro groups is 1. The van der Waals surface area contributed by atoms with Crippen molar-refractivity contribution in [1.29, 1.82) is 0 Å². The molecule has 0 amide bonds. The van der Waals surface area contributed by atoms with Crippen LogP contribution in [0, 0.1) is 10.1 Å². The van der Waals surface area contributed by atoms with E-state index in [0.717, 1.165) is 6.07 Å². The summed E-state index contributed by atoms with van der Waals surface area (Å²) in [6, 6.07) is 2.49. The van der Waals surface area contributed by atoms with E-state index in [9.17, 15) is 19.7 Å². The summed E-state index contributed by atoms with van der Waals surface area (Å²) in [4.78, 5) is 31.4. The molecule has 0 aliphatic carbocycles. The van der Waals surface area contributed by atoms with E-state index in [2.05, 4.69) is 0 Å². The number of carbonyl (C=O) groups excluding carboxylic acids is 2. The smallest absolute Gasteiger partial charge is 0.281 e. The molecule has 1 aromatic rings. The summed E-state index contributed by atoms with van der Waals surface area (Å²) in [5.74, 6) is 0.191. The molecule has 0 aliphatic heterocycles. The first-order chi connectivity index (χ1) is 9.47. The van der Waals surface area contributed by atoms with Crippen molar-refractivity contribution in [3.63, 3.8) is 0 Å². The van der Waals surface area contributed by atoms with Crippen LogP contribution in [0.4, 0.5) is 5.69 Å². The van der Waals surface area contributed by atoms with Gasteiger partial charge in [-0.3, -0.25) is 19.7 Å². The van der Waals surface area contributed by atoms with Gasteiger partial charge in [-0.15, -0.1) is 0 Å². The summed E-state index contributed by atoms with van der Waals surface area (Å²) in [7, 11) is 0. The fourth-order valence-corrected chi connectivity index (χ4v) is 1.89. The third-order valence-corrected chi connectivity index (χ3v) is 3.04. The first-order valence-electron chi connectivity index (χ1n) is 5.70. The largest absolute Gasteiger partial charge is 0.492 e. The maximum atomic E-state index is 10.9. The molecule has 0 saturated heterocycles. The first kappa shape index (κ1) is 16.4. The number of unbranched alkanes of at least 4 members (excludes halogenated alkanes) is 1. The number of carbonyl (C=O) groups is 2. The summed E-state index contributed by atoms with van der Waals surface area (Å²) in [6.07, 6.45) is 1.70. The van der Waals surface area contributed by atoms with Crippen molar-refractivity contribution in [2.24, 2.45) is 0 Å². The maximum Gasteiger partial charge on any atom is 0.281 e. The second kappa shape index (κ2) is 7.81. The highest BCUT2D eigenvalue weighted by molar-refractivity contribution is 6.63. The molecule has 0 bridgehead atoms. The molecular weight excluding hydrogens is 309 g/mol. The third kappa shape index (κ3) is 4.47. The van der Waals surface area contributed by atoms with Crippen LogP contribution >= 0.6 is 23.2 Å². The Morgan fingerprint density at radius 2 is 2.10 bits per heavy atom. The van der Waals surface area contributed by atoms with Gasteiger partial charge in [0.2, 0.25) is 5.24 Å². The minimum Gasteiger partial charge on any atom is -0.492 e. The SMILES string of the molecule is O=Cc1c([N+](=O)[O-])ccc(OCCCCC(=O)Cl)c1Cl. The highest BCUT2D eigenvalue weighted by atomic mass is 35.5. The molecular formula is C12H11Cl2NO5. The summed E-state index contributed by atoms with van der Waals surface area (Å²) in [5.41, 5.74) is -0.588. The van der Waals surface area contributed by atoms with Gasteiger partial charge in [-0.05, 0) is 30.5 Å². The van der Waals surface area contributed by atoms with Crippen molar-refractivity contribution in [3.05, 3.63) is 32.8 Å². The minimum atomic E-state index is -0.689. The molecule has 0 heterocycles. The Bertz CT molecular complexity index is 533. The Balaban J connectivity index is 2.70. The summed E-state index contributed by atoms with van der Waals surface area (Å²) in [5, 5.41) is 10.2. The molecule has 0 aliphatic rings. The quantitative estimate of drug-likeness (QED) is 0.241. The zero-order valence-electron chi connectivity index (χ0n) is 10.3. The number of hydrogen-bond acceptors (Lipinski definition) is 5. The van der Waals surface area contributed by atoms with Crippen molar-refractivity contribution in [2.75, 3.05) is 6.61 Å². The van der Waals surface area contributed by atoms with E-state index in [1.165, 1.54) is 6.07 Å². The normalized spacial score (nSPS) is 10.1. The second-order valence-electron chi connectivity index (χ2n) is 3.85. The van der Waals surface area contributed by atoms with E-state index < -0.39 is 10.2 Å². The number of ether oxygens (including phenoxy) is 1. The lowest BCUT2D eigenvalue weighted by Gasteiger charge is -2.09. The summed E-state index contributed by atoms with van der Waals surface area (Å²) >= 11 is 11.1. The fraction of sp³-hybridized carbons (Fsp3) is 0.333. The lowest BCUT2D eigenvalue weighted by Crippen LogP contribution is -2.02. The molecule has 108 valence electrons. The number of benzene rings is 1. The van der Waals surface area contributed by atoms with E-state index in [4.69, 9.17) is 27.9 Å². The summed E-state index contributed by atoms with van der Waals surface area (Å²) in [6.45, 7) is 0.264. The van der Waals surface area contributed by atoms with Gasteiger partial charge in [0.05, 0.1) is 11.5 Å². The molecule has 0 aromatic heterocycles. The molecule has 6 nitrogen and oxygen atoms in total. The van der Waals surface area contributed by atoms with Crippen molar-refractivity contribution in [1.82, 2.24) is 0 Å². The molecule has 0 N–H and O–H groups in total. The molecule has 0 spiro atoms. The molecule has 0 atom stereocenters. The predicted molar refractivity (Wildman–Crippen MR) is 73.7 cm³/mol. The van der Waals surface area contributed by atoms with Crippen molar-refractivity contribution in [2.45, 2.75) is 19.3 Å². The van der Waals surface area contributed by atoms with E-state index in [0.29, 0.717) is 19.1 Å². The van der Waals surface area contributed by atoms with Crippen LogP contribution in [0.15, 0.2) is 12.1 Å². The average molecular weight is 320 g/mol. The van der Waals surface area contributed by atoms with Gasteiger partial charge in [-0.2, -0.15) is 0 Å². The Kier molecular flexibility index (Phi) is 6.41. The van der Waals surface area contributed by atoms with Gasteiger partial charge in [-0.1, -0.05) is 11.6 Å². The van der Waals surface area contributed by atoms with Crippen LogP contribution in [0.25, 0.3) is 0 Å². The van der Waals surface area contributed by atoms with Crippen LogP contribution in [0.3, 0.4) is 0 Å². The fourth-order valence-electron chi connectivity index (χ4n) is 1.49. The molecule has 20 heavy (non-hydrogen) atoms. The van der Waals surface area contributed by atoms with Crippen LogP contribution in [-0.2, 0) is 4.79 Å². The molecule has 0 unspecified atom stereocenters. The Labute approximate surface area is 124 Å². The van der Waals surface area contributed by atoms with E-state index in [1.807, 2.05) is 0 Å². The number of hydrogen-bond donors (Lipinski definition) is 0. The molecule has 0 saturated carbocycles. The monoisotopic (exact) mass is 319 g/mol. The average Bonchev–Trinajstić information content (AvgIpc) is 2.39. The molecule has 0 radical (unpaired) electrons. The number of rotatable bonds is 8. The first-order valence-corrected chi connectivity index (χ1v) is 6.46. The van der Waals surface area contributed by atoms with Crippen LogP contribution in [0.2, 0.25) is 5.02 Å². The lowest BCUT2D eigenvalue weighted by molar-refractivity contribution is -0.385. The predicted octanol–water partition coefficient (Wildman–Crippen LogP) is 3.38. The number of nitro benzene ring substituents is 1. The number of halogens is 2. The standard InChI is InChI=1S/C12H11Cl2NO5/c13-11(17)3-1-2-6-20-10-5-4-9(15(18)19)8(7-16)12(10)14/h4-5,7H,1-3,6H2. The van der Waals surface area contributed by atoms with E-state index >= 15 is 0 Å². The molecule has 1 aromatic carbocycles. The second-order valence-corrected chi connectivity index (χ2v) is 4.65. The zero-order chi connectivity index (χ0) is 15.1. The summed E-state index contributed by atoms with van der Waals surface area (Å²) < 4.78 is 5.33. The zero-order valence-corrected chi connectivity index (χ0v) is 11.8. The molecule has 1 rings (SSSR count). The Morgan fingerprint density at radius 1 is 1.40 bits per heavy atom. The molecule has 0 fully saturated rings. The van der Waals surface area contributed by atoms with Crippen molar-refractivity contribution >= 4 is 40.4 Å². The Hall–Kier alpha value is -1.66. The van der Waals surface area contributed by atoms with Gasteiger partial charge >= 0.3 is 0 Å². The van der Waals surface area contributed by atoms with Gasteiger partial charge in [-0.25, -0.2) is 0 Å². The van der Waals surface area contributed by atoms with Crippen LogP contribution in [0.5, 0.6) is 5.75 Å². The van der Waals surface area contributed by atoms with Crippen molar-refractivity contribution < 1.29 is 19.2 Å². The lowest BCUT2D eigenvalue weighted by atomic mass is 10.2. The Morgan fingerprint density at radius 3 is 2.65 bits per heavy atom. The van der Waals surface area contributed by atoms with Gasteiger partial charge in [0.15, 0.2) is 6.29 Å². The van der Waals surface area contributed by atoms with Gasteiger partial charge in [0, 0.05) is 12.5 Å². The van der Waals surface area contributed by atoms with Crippen molar-refractivity contribution in [3.8, 4) is 5.75 Å². The highest BCUT2D eigenvalue weighted by Gasteiger charge is 2.19. The van der Waals surface area contributed by atoms with Crippen LogP contribution in [0.1, 0.15) is 29.6 Å². The highest BCUT2D eigenvalue weighted by Crippen LogP contribution is 2.33. The maximum absolute atomic E-state index is 10.9. The third-order valence-electron chi connectivity index (χ3n) is 2.46.